The van der Waals surface area contributed by atoms with Crippen molar-refractivity contribution in [1.82, 2.24) is 13.7 Å². The van der Waals surface area contributed by atoms with Crippen LogP contribution in [0.15, 0.2) is 164 Å². The molecule has 0 spiro atoms. The first-order valence-electron chi connectivity index (χ1n) is 30.5. The molecule has 20 heteroatoms. The van der Waals surface area contributed by atoms with E-state index in [2.05, 4.69) is 163 Å². The summed E-state index contributed by atoms with van der Waals surface area (Å²) in [5.41, 5.74) is 27.4. The van der Waals surface area contributed by atoms with Crippen molar-refractivity contribution >= 4 is 120 Å². The molecular weight excluding hydrogens is 1340 g/mol. The maximum Gasteiger partial charge on any atom is 0.160 e. The number of nitrogens with zero attached hydrogens (tertiary/aromatic N) is 4. The maximum absolute atomic E-state index is 6.08. The van der Waals surface area contributed by atoms with Gasteiger partial charge in [0.1, 0.15) is 5.84 Å². The summed E-state index contributed by atoms with van der Waals surface area (Å²) >= 11 is 12.0. The number of hydrogen-bond donors (Lipinski definition) is 4. The van der Waals surface area contributed by atoms with Crippen molar-refractivity contribution in [3.8, 4) is 0 Å². The minimum Gasteiger partial charge on any atom is -0.399 e. The van der Waals surface area contributed by atoms with E-state index in [1.54, 1.807) is 39.8 Å². The zero-order chi connectivity index (χ0) is 62.5. The summed E-state index contributed by atoms with van der Waals surface area (Å²) in [7, 11) is 6.56. The van der Waals surface area contributed by atoms with Gasteiger partial charge in [0, 0.05) is 200 Å². The van der Waals surface area contributed by atoms with Gasteiger partial charge < -0.3 is 74.1 Å². The lowest BCUT2D eigenvalue weighted by molar-refractivity contribution is -0.100. The van der Waals surface area contributed by atoms with Gasteiger partial charge in [0.15, 0.2) is 12.6 Å². The van der Waals surface area contributed by atoms with E-state index in [4.69, 9.17) is 55.1 Å². The van der Waals surface area contributed by atoms with E-state index in [9.17, 15) is 0 Å². The van der Waals surface area contributed by atoms with Gasteiger partial charge in [-0.05, 0) is 183 Å². The molecule has 0 bridgehead atoms. The summed E-state index contributed by atoms with van der Waals surface area (Å²) < 4.78 is 52.8. The van der Waals surface area contributed by atoms with Crippen LogP contribution >= 0.6 is 59.1 Å². The third-order valence-corrected chi connectivity index (χ3v) is 18.9. The average Bonchev–Trinajstić information content (AvgIpc) is 3.36. The lowest BCUT2D eigenvalue weighted by Crippen LogP contribution is -2.28. The molecule has 16 nitrogen and oxygen atoms in total. The molecule has 8 heterocycles. The quantitative estimate of drug-likeness (QED) is 0.0329. The fourth-order valence-electron chi connectivity index (χ4n) is 11.6. The number of ether oxygens (including phenoxy) is 8. The first kappa shape index (κ1) is 67.8. The Kier molecular flexibility index (Phi) is 26.5. The number of hydrogen-bond acceptors (Lipinski definition) is 13. The zero-order valence-electron chi connectivity index (χ0n) is 51.4. The van der Waals surface area contributed by atoms with Crippen LogP contribution in [0.1, 0.15) is 85.5 Å². The normalized spacial score (nSPS) is 16.3. The minimum atomic E-state index is -0.244. The van der Waals surface area contributed by atoms with Crippen LogP contribution in [-0.2, 0) is 50.7 Å². The van der Waals surface area contributed by atoms with Crippen LogP contribution in [0.4, 0.5) is 22.7 Å². The highest BCUT2D eigenvalue weighted by Gasteiger charge is 2.21. The summed E-state index contributed by atoms with van der Waals surface area (Å²) in [4.78, 5) is 5.55. The molecule has 4 saturated heterocycles. The smallest absolute Gasteiger partial charge is 0.160 e. The van der Waals surface area contributed by atoms with Crippen LogP contribution in [0.5, 0.6) is 0 Å². The third-order valence-electron chi connectivity index (χ3n) is 16.5. The molecule has 0 radical (unpaired) electrons. The number of nitrogens with two attached hydrogens (primary N) is 3. The second kappa shape index (κ2) is 34.7. The van der Waals surface area contributed by atoms with Crippen molar-refractivity contribution < 1.29 is 37.9 Å². The Morgan fingerprint density at radius 3 is 1.48 bits per heavy atom. The molecule has 4 aliphatic rings. The Balaban J connectivity index is 0.000000134. The molecule has 4 aromatic heterocycles. The van der Waals surface area contributed by atoms with E-state index in [0.29, 0.717) is 36.4 Å². The fraction of sp³-hybridized carbons (Fsp3) is 0.406. The summed E-state index contributed by atoms with van der Waals surface area (Å²) in [6.07, 6.45) is 16.2. The molecule has 0 unspecified atom stereocenters. The number of methoxy groups -OCH3 is 4. The van der Waals surface area contributed by atoms with Crippen molar-refractivity contribution in [2.45, 2.75) is 101 Å². The van der Waals surface area contributed by atoms with Crippen molar-refractivity contribution in [3.05, 3.63) is 175 Å². The number of nitrogens with one attached hydrogen (secondary N) is 1. The number of benzene rings is 5. The highest BCUT2D eigenvalue weighted by atomic mass is 79.9. The van der Waals surface area contributed by atoms with E-state index in [1.165, 1.54) is 38.3 Å². The molecule has 0 aliphatic carbocycles. The third kappa shape index (κ3) is 19.5. The Bertz CT molecular complexity index is 3520. The Morgan fingerprint density at radius 1 is 0.528 bits per heavy atom. The first-order chi connectivity index (χ1) is 43.4. The topological polar surface area (TPSA) is 191 Å². The van der Waals surface area contributed by atoms with Gasteiger partial charge in [-0.25, -0.2) is 4.99 Å². The van der Waals surface area contributed by atoms with Crippen LogP contribution < -0.4 is 22.5 Å². The zero-order valence-corrected chi connectivity index (χ0v) is 57.0. The molecule has 476 valence electrons. The van der Waals surface area contributed by atoms with Crippen LogP contribution in [0.25, 0.3) is 32.7 Å². The summed E-state index contributed by atoms with van der Waals surface area (Å²) in [5, 5.41) is 9.37. The highest BCUT2D eigenvalue weighted by Crippen LogP contribution is 2.33. The number of fused-ring (bicyclic) bond motifs is 3. The SMILES string of the molecule is Brc1ccc2c(ccn2C2CCOCC2)c1.COC(Cc1cc(Br)ccc1N)OC.COC(Cc1cc(Br)ccc1NC1CCOCC1)OC.NC(=Nc1ccc2c(ccn2C2CCOCC2)c1)c1cccs1.Nc1ccc2c(ccn2C2CCOCC2)c1. The molecule has 0 amide bonds. The monoisotopic (exact) mass is 1420 g/mol. The van der Waals surface area contributed by atoms with Crippen molar-refractivity contribution in [3.63, 3.8) is 0 Å². The standard InChI is InChI=1S/C18H19N3OS.C15H22BrNO3.C13H14BrNO.C13H16N2O.C10H14BrNO2/c19-18(17-2-1-11-23-17)20-14-3-4-16-13(12-14)5-8-21(16)15-6-9-22-10-7-15;1-18-15(19-2)10-11-9-12(16)3-4-14(11)17-13-5-7-20-8-6-13;2*14-11-1-2-13-10(9-11)3-6-15(13)12-4-7-16-8-5-12;1-13-10(14-2)6-7-5-8(11)3-4-9(7)12/h1-5,8,11-12,15H,6-7,9-10H2,(H2,19,20);3-4,9,13,15,17H,5-8,10H2,1-2H3;1-3,6,9,12H,4-5,7-8H2;1-3,6,9,12H,4-5,7-8,14H2;3-5,10H,6,12H2,1-2H3. The number of anilines is 3. The highest BCUT2D eigenvalue weighted by molar-refractivity contribution is 9.11. The molecule has 4 fully saturated rings. The summed E-state index contributed by atoms with van der Waals surface area (Å²) in [6.45, 7) is 6.90. The minimum absolute atomic E-state index is 0.223. The van der Waals surface area contributed by atoms with Crippen molar-refractivity contribution in [2.24, 2.45) is 10.7 Å². The number of halogens is 3. The Hall–Kier alpha value is -5.59. The van der Waals surface area contributed by atoms with E-state index in [0.717, 1.165) is 157 Å². The number of aromatic nitrogens is 3. The molecule has 13 rings (SSSR count). The van der Waals surface area contributed by atoms with Gasteiger partial charge in [0.05, 0.1) is 10.6 Å². The summed E-state index contributed by atoms with van der Waals surface area (Å²) in [6, 6.07) is 43.6. The lowest BCUT2D eigenvalue weighted by Gasteiger charge is -2.26. The lowest BCUT2D eigenvalue weighted by atomic mass is 10.1. The van der Waals surface area contributed by atoms with Crippen LogP contribution in [0.2, 0.25) is 0 Å². The van der Waals surface area contributed by atoms with E-state index >= 15 is 0 Å². The molecule has 7 N–H and O–H groups in total. The number of nitrogen functional groups attached to an aromatic ring is 2. The second-order valence-electron chi connectivity index (χ2n) is 22.3. The molecule has 0 atom stereocenters. The molecule has 5 aromatic carbocycles. The first-order valence-corrected chi connectivity index (χ1v) is 33.8. The number of rotatable bonds is 15. The van der Waals surface area contributed by atoms with Crippen molar-refractivity contribution in [2.75, 3.05) is 98.1 Å². The van der Waals surface area contributed by atoms with Gasteiger partial charge >= 0.3 is 0 Å². The number of amidine groups is 1. The van der Waals surface area contributed by atoms with Crippen LogP contribution in [-0.4, -0.2) is 119 Å². The average molecular weight is 1430 g/mol. The van der Waals surface area contributed by atoms with Gasteiger partial charge in [-0.1, -0.05) is 53.9 Å². The molecule has 9 aromatic rings. The predicted molar refractivity (Wildman–Crippen MR) is 373 cm³/mol. The van der Waals surface area contributed by atoms with Gasteiger partial charge in [-0.15, -0.1) is 11.3 Å². The van der Waals surface area contributed by atoms with Gasteiger partial charge in [-0.3, -0.25) is 0 Å². The van der Waals surface area contributed by atoms with Gasteiger partial charge in [-0.2, -0.15) is 0 Å². The molecule has 4 aliphatic heterocycles. The summed E-state index contributed by atoms with van der Waals surface area (Å²) in [5.74, 6) is 0.572. The van der Waals surface area contributed by atoms with Crippen LogP contribution in [0.3, 0.4) is 0 Å². The Morgan fingerprint density at radius 2 is 0.966 bits per heavy atom. The van der Waals surface area contributed by atoms with E-state index in [1.807, 2.05) is 53.9 Å². The number of aliphatic imine (C=N–C) groups is 1. The number of thiophene rings is 1. The molecule has 89 heavy (non-hydrogen) atoms. The molecule has 0 saturated carbocycles. The predicted octanol–water partition coefficient (Wildman–Crippen LogP) is 15.8. The Labute approximate surface area is 552 Å². The largest absolute Gasteiger partial charge is 0.399 e. The fourth-order valence-corrected chi connectivity index (χ4v) is 13.4. The van der Waals surface area contributed by atoms with Gasteiger partial charge in [0.2, 0.25) is 0 Å². The van der Waals surface area contributed by atoms with E-state index in [-0.39, 0.29) is 12.6 Å². The maximum atomic E-state index is 6.08. The second-order valence-corrected chi connectivity index (χ2v) is 26.0. The van der Waals surface area contributed by atoms with E-state index < -0.39 is 0 Å². The van der Waals surface area contributed by atoms with Crippen molar-refractivity contribution in [1.29, 1.82) is 0 Å². The van der Waals surface area contributed by atoms with Crippen LogP contribution in [0, 0.1) is 0 Å². The molecular formula is C69H85Br3N8O8S. The van der Waals surface area contributed by atoms with Gasteiger partial charge in [0.25, 0.3) is 0 Å².